The number of hydrogen-bond acceptors (Lipinski definition) is 12. The molecule has 0 unspecified atom stereocenters. The zero-order chi connectivity index (χ0) is 36.0. The molecule has 2 aliphatic heterocycles. The summed E-state index contributed by atoms with van der Waals surface area (Å²) in [6, 6.07) is 29.6. The largest absolute Gasteiger partial charge is 0.467 e. The normalized spacial score (nSPS) is 21.6. The number of esters is 4. The lowest BCUT2D eigenvalue weighted by atomic mass is 9.97. The topological polar surface area (TPSA) is 142 Å². The van der Waals surface area contributed by atoms with E-state index in [0.717, 1.165) is 12.7 Å². The molecule has 12 nitrogen and oxygen atoms in total. The molecule has 0 saturated carbocycles. The van der Waals surface area contributed by atoms with Crippen molar-refractivity contribution in [2.75, 3.05) is 13.7 Å². The third-order valence-electron chi connectivity index (χ3n) is 8.08. The van der Waals surface area contributed by atoms with Gasteiger partial charge < -0.3 is 37.9 Å². The van der Waals surface area contributed by atoms with Gasteiger partial charge in [0.2, 0.25) is 5.79 Å². The molecule has 0 aromatic heterocycles. The van der Waals surface area contributed by atoms with Gasteiger partial charge in [-0.05, 0) is 60.5 Å². The fraction of sp³-hybridized carbons (Fsp3) is 0.282. The van der Waals surface area contributed by atoms with Crippen LogP contribution < -0.4 is 9.47 Å². The minimum absolute atomic E-state index is 0.00515. The highest BCUT2D eigenvalue weighted by atomic mass is 16.7. The van der Waals surface area contributed by atoms with Crippen LogP contribution in [-0.2, 0) is 39.6 Å². The van der Waals surface area contributed by atoms with Crippen molar-refractivity contribution in [1.29, 1.82) is 0 Å². The second kappa shape index (κ2) is 15.4. The van der Waals surface area contributed by atoms with Crippen molar-refractivity contribution >= 4 is 23.9 Å². The van der Waals surface area contributed by atoms with Crippen LogP contribution in [0.2, 0.25) is 0 Å². The Labute approximate surface area is 294 Å². The van der Waals surface area contributed by atoms with Crippen molar-refractivity contribution in [2.45, 2.75) is 56.8 Å². The maximum absolute atomic E-state index is 13.6. The number of benzene rings is 4. The molecule has 5 atom stereocenters. The van der Waals surface area contributed by atoms with Crippen LogP contribution in [-0.4, -0.2) is 74.1 Å². The Balaban J connectivity index is 1.34. The zero-order valence-corrected chi connectivity index (χ0v) is 28.1. The van der Waals surface area contributed by atoms with E-state index in [-0.39, 0.29) is 23.3 Å². The van der Waals surface area contributed by atoms with Crippen LogP contribution in [0.5, 0.6) is 11.5 Å². The van der Waals surface area contributed by atoms with Crippen LogP contribution in [0.25, 0.3) is 0 Å². The number of ether oxygens (including phenoxy) is 8. The van der Waals surface area contributed by atoms with Crippen molar-refractivity contribution in [3.05, 3.63) is 131 Å². The van der Waals surface area contributed by atoms with E-state index in [4.69, 9.17) is 37.9 Å². The Bertz CT molecular complexity index is 1840. The molecule has 1 saturated heterocycles. The lowest BCUT2D eigenvalue weighted by Gasteiger charge is -2.43. The maximum Gasteiger partial charge on any atom is 0.339 e. The molecule has 0 aliphatic carbocycles. The first-order chi connectivity index (χ1) is 24.6. The summed E-state index contributed by atoms with van der Waals surface area (Å²) in [5.74, 6) is -3.06. The van der Waals surface area contributed by atoms with Crippen molar-refractivity contribution in [1.82, 2.24) is 0 Å². The molecule has 51 heavy (non-hydrogen) atoms. The van der Waals surface area contributed by atoms with Gasteiger partial charge in [0.15, 0.2) is 42.2 Å². The molecule has 12 heteroatoms. The summed E-state index contributed by atoms with van der Waals surface area (Å²) in [5.41, 5.74) is 1.32. The molecular formula is C39H36O12. The van der Waals surface area contributed by atoms with E-state index in [1.807, 2.05) is 12.1 Å². The maximum atomic E-state index is 13.6. The second-order valence-electron chi connectivity index (χ2n) is 12.2. The molecular weight excluding hydrogens is 660 g/mol. The SMILES string of the molecule is COC(=O)[C@H]1O[C@@H](OCCc2ccc3c(c2)OC(C)(C)O3)[C@H](OC(=O)c2ccccc2)[C@@H](OC(=O)c2ccccc2)[C@@H]1OC(=O)c1ccccc1. The van der Waals surface area contributed by atoms with Crippen LogP contribution in [0.15, 0.2) is 109 Å². The van der Waals surface area contributed by atoms with Gasteiger partial charge in [-0.15, -0.1) is 0 Å². The number of carbonyl (C=O) groups excluding carboxylic acids is 4. The van der Waals surface area contributed by atoms with Gasteiger partial charge in [0, 0.05) is 13.8 Å². The number of hydrogen-bond donors (Lipinski definition) is 0. The smallest absolute Gasteiger partial charge is 0.339 e. The van der Waals surface area contributed by atoms with E-state index >= 15 is 0 Å². The van der Waals surface area contributed by atoms with Gasteiger partial charge in [-0.2, -0.15) is 0 Å². The molecule has 264 valence electrons. The fourth-order valence-electron chi connectivity index (χ4n) is 5.65. The minimum Gasteiger partial charge on any atom is -0.467 e. The average molecular weight is 697 g/mol. The summed E-state index contributed by atoms with van der Waals surface area (Å²) in [6.45, 7) is 3.60. The summed E-state index contributed by atoms with van der Waals surface area (Å²) in [7, 11) is 1.13. The van der Waals surface area contributed by atoms with Crippen LogP contribution in [0.3, 0.4) is 0 Å². The van der Waals surface area contributed by atoms with Crippen LogP contribution in [0.1, 0.15) is 50.5 Å². The van der Waals surface area contributed by atoms with Crippen LogP contribution >= 0.6 is 0 Å². The molecule has 0 spiro atoms. The highest BCUT2D eigenvalue weighted by molar-refractivity contribution is 5.91. The van der Waals surface area contributed by atoms with Crippen molar-refractivity contribution in [3.63, 3.8) is 0 Å². The summed E-state index contributed by atoms with van der Waals surface area (Å²) in [6.07, 6.45) is -7.58. The lowest BCUT2D eigenvalue weighted by molar-refractivity contribution is -0.292. The summed E-state index contributed by atoms with van der Waals surface area (Å²) >= 11 is 0. The molecule has 0 radical (unpaired) electrons. The summed E-state index contributed by atoms with van der Waals surface area (Å²) in [5, 5.41) is 0. The zero-order valence-electron chi connectivity index (χ0n) is 28.1. The Morgan fingerprint density at radius 1 is 0.627 bits per heavy atom. The quantitative estimate of drug-likeness (QED) is 0.148. The minimum atomic E-state index is -1.65. The van der Waals surface area contributed by atoms with Crippen LogP contribution in [0.4, 0.5) is 0 Å². The van der Waals surface area contributed by atoms with E-state index < -0.39 is 60.4 Å². The van der Waals surface area contributed by atoms with Crippen LogP contribution in [0, 0.1) is 0 Å². The molecule has 0 bridgehead atoms. The van der Waals surface area contributed by atoms with E-state index in [1.54, 1.807) is 74.5 Å². The van der Waals surface area contributed by atoms with Gasteiger partial charge >= 0.3 is 23.9 Å². The molecule has 4 aromatic rings. The van der Waals surface area contributed by atoms with Gasteiger partial charge in [0.1, 0.15) is 0 Å². The Morgan fingerprint density at radius 3 is 1.65 bits per heavy atom. The van der Waals surface area contributed by atoms with E-state index in [2.05, 4.69) is 0 Å². The van der Waals surface area contributed by atoms with Crippen molar-refractivity contribution in [2.24, 2.45) is 0 Å². The Kier molecular flexibility index (Phi) is 10.6. The standard InChI is InChI=1S/C39H36O12/c1-39(2)50-28-20-19-24(23-29(28)51-39)21-22-45-38-33(48-36(42)27-17-11-6-12-18-27)31(47-35(41)26-15-9-5-10-16-26)30(32(49-38)37(43)44-3)46-34(40)25-13-7-4-8-14-25/h4-20,23,30-33,38H,21-22H2,1-3H3/t30-,31-,32-,33+,38+/m0/s1. The van der Waals surface area contributed by atoms with Gasteiger partial charge in [0.25, 0.3) is 0 Å². The predicted octanol–water partition coefficient (Wildman–Crippen LogP) is 5.33. The molecule has 0 amide bonds. The van der Waals surface area contributed by atoms with E-state index in [9.17, 15) is 19.2 Å². The first-order valence-corrected chi connectivity index (χ1v) is 16.3. The van der Waals surface area contributed by atoms with Crippen molar-refractivity contribution < 1.29 is 57.1 Å². The Hall–Kier alpha value is -5.72. The van der Waals surface area contributed by atoms with Gasteiger partial charge in [-0.25, -0.2) is 19.2 Å². The van der Waals surface area contributed by atoms with Crippen molar-refractivity contribution in [3.8, 4) is 11.5 Å². The number of fused-ring (bicyclic) bond motifs is 1. The third kappa shape index (κ3) is 8.36. The highest BCUT2D eigenvalue weighted by Crippen LogP contribution is 2.40. The van der Waals surface area contributed by atoms with Gasteiger partial charge in [-0.1, -0.05) is 60.7 Å². The molecule has 1 fully saturated rings. The predicted molar refractivity (Wildman–Crippen MR) is 179 cm³/mol. The molecule has 6 rings (SSSR count). The highest BCUT2D eigenvalue weighted by Gasteiger charge is 2.56. The molecule has 2 heterocycles. The number of methoxy groups -OCH3 is 1. The Morgan fingerprint density at radius 2 is 1.12 bits per heavy atom. The van der Waals surface area contributed by atoms with E-state index in [1.165, 1.54) is 36.4 Å². The van der Waals surface area contributed by atoms with E-state index in [0.29, 0.717) is 17.9 Å². The summed E-state index contributed by atoms with van der Waals surface area (Å²) < 4.78 is 46.7. The third-order valence-corrected chi connectivity index (χ3v) is 8.08. The van der Waals surface area contributed by atoms with Gasteiger partial charge in [0.05, 0.1) is 30.4 Å². The van der Waals surface area contributed by atoms with Gasteiger partial charge in [-0.3, -0.25) is 0 Å². The monoisotopic (exact) mass is 696 g/mol. The number of rotatable bonds is 11. The molecule has 0 N–H and O–H groups in total. The lowest BCUT2D eigenvalue weighted by Crippen LogP contribution is -2.64. The average Bonchev–Trinajstić information content (AvgIpc) is 3.47. The number of carbonyl (C=O) groups is 4. The first kappa shape index (κ1) is 35.1. The molecule has 2 aliphatic rings. The summed E-state index contributed by atoms with van der Waals surface area (Å²) in [4.78, 5) is 53.8. The first-order valence-electron chi connectivity index (χ1n) is 16.3. The fourth-order valence-corrected chi connectivity index (χ4v) is 5.65. The molecule has 4 aromatic carbocycles. The second-order valence-corrected chi connectivity index (χ2v) is 12.2.